The van der Waals surface area contributed by atoms with E-state index in [0.717, 1.165) is 49.8 Å². The maximum Gasteiger partial charge on any atom is 0.254 e. The molecule has 0 aliphatic carbocycles. The van der Waals surface area contributed by atoms with E-state index in [1.165, 1.54) is 6.42 Å². The van der Waals surface area contributed by atoms with Crippen molar-refractivity contribution in [2.75, 3.05) is 45.7 Å². The van der Waals surface area contributed by atoms with Crippen molar-refractivity contribution in [3.63, 3.8) is 0 Å². The molecule has 116 valence electrons. The van der Waals surface area contributed by atoms with Gasteiger partial charge < -0.3 is 15.1 Å². The van der Waals surface area contributed by atoms with Crippen molar-refractivity contribution in [3.8, 4) is 0 Å². The fourth-order valence-electron chi connectivity index (χ4n) is 2.75. The average Bonchev–Trinajstić information content (AvgIpc) is 2.53. The number of carbonyl (C=O) groups excluding carboxylic acids is 1. The molecule has 1 N–H and O–H groups in total. The second-order valence-electron chi connectivity index (χ2n) is 5.92. The summed E-state index contributed by atoms with van der Waals surface area (Å²) in [5.74, 6) is 1.70. The van der Waals surface area contributed by atoms with Gasteiger partial charge in [0.1, 0.15) is 5.82 Å². The lowest BCUT2D eigenvalue weighted by atomic mass is 9.93. The molecule has 1 aliphatic heterocycles. The average molecular weight is 290 g/mol. The Morgan fingerprint density at radius 1 is 1.43 bits per heavy atom. The van der Waals surface area contributed by atoms with Gasteiger partial charge in [0.25, 0.3) is 5.91 Å². The molecule has 1 fully saturated rings. The number of anilines is 1. The molecule has 2 heterocycles. The van der Waals surface area contributed by atoms with Gasteiger partial charge in [0, 0.05) is 38.9 Å². The van der Waals surface area contributed by atoms with Crippen LogP contribution in [0.1, 0.15) is 29.6 Å². The van der Waals surface area contributed by atoms with Crippen molar-refractivity contribution in [2.24, 2.45) is 5.92 Å². The van der Waals surface area contributed by atoms with E-state index in [9.17, 15) is 4.79 Å². The van der Waals surface area contributed by atoms with Gasteiger partial charge in [0.2, 0.25) is 0 Å². The first-order valence-corrected chi connectivity index (χ1v) is 7.69. The summed E-state index contributed by atoms with van der Waals surface area (Å²) in [5, 5.41) is 3.20. The molecule has 0 saturated carbocycles. The number of hydrogen-bond acceptors (Lipinski definition) is 4. The summed E-state index contributed by atoms with van der Waals surface area (Å²) in [6.07, 6.45) is 5.14. The van der Waals surface area contributed by atoms with E-state index in [4.69, 9.17) is 0 Å². The number of nitrogens with one attached hydrogen (secondary N) is 1. The standard InChI is InChI=1S/C16H26N4O/c1-17-8-4-13-6-10-20(11-7-13)16(21)14-5-9-18-15(12-14)19(2)3/h5,9,12-13,17H,4,6-8,10-11H2,1-3H3. The maximum atomic E-state index is 12.6. The van der Waals surface area contributed by atoms with Crippen LogP contribution in [0.2, 0.25) is 0 Å². The van der Waals surface area contributed by atoms with Crippen LogP contribution in [0.15, 0.2) is 18.3 Å². The molecular formula is C16H26N4O. The minimum Gasteiger partial charge on any atom is -0.363 e. The molecular weight excluding hydrogens is 264 g/mol. The number of piperidine rings is 1. The molecule has 1 amide bonds. The summed E-state index contributed by atoms with van der Waals surface area (Å²) < 4.78 is 0. The fraction of sp³-hybridized carbons (Fsp3) is 0.625. The zero-order chi connectivity index (χ0) is 15.2. The maximum absolute atomic E-state index is 12.6. The monoisotopic (exact) mass is 290 g/mol. The van der Waals surface area contributed by atoms with Crippen LogP contribution in [0.3, 0.4) is 0 Å². The molecule has 1 aliphatic rings. The number of carbonyl (C=O) groups is 1. The van der Waals surface area contributed by atoms with Gasteiger partial charge in [-0.15, -0.1) is 0 Å². The quantitative estimate of drug-likeness (QED) is 0.895. The van der Waals surface area contributed by atoms with Gasteiger partial charge >= 0.3 is 0 Å². The summed E-state index contributed by atoms with van der Waals surface area (Å²) in [6, 6.07) is 3.68. The number of likely N-dealkylation sites (tertiary alicyclic amines) is 1. The second-order valence-corrected chi connectivity index (χ2v) is 5.92. The lowest BCUT2D eigenvalue weighted by Crippen LogP contribution is -2.39. The highest BCUT2D eigenvalue weighted by atomic mass is 16.2. The van der Waals surface area contributed by atoms with Gasteiger partial charge in [0.05, 0.1) is 0 Å². The molecule has 1 aromatic rings. The first-order chi connectivity index (χ1) is 10.1. The third kappa shape index (κ3) is 4.17. The summed E-state index contributed by atoms with van der Waals surface area (Å²) in [7, 11) is 5.86. The Bertz CT molecular complexity index is 467. The van der Waals surface area contributed by atoms with Crippen molar-refractivity contribution in [1.29, 1.82) is 0 Å². The predicted octanol–water partition coefficient (Wildman–Crippen LogP) is 1.61. The molecule has 0 aromatic carbocycles. The van der Waals surface area contributed by atoms with Crippen LogP contribution in [0.25, 0.3) is 0 Å². The Hall–Kier alpha value is -1.62. The molecule has 0 atom stereocenters. The summed E-state index contributed by atoms with van der Waals surface area (Å²) in [5.41, 5.74) is 0.738. The molecule has 2 rings (SSSR count). The van der Waals surface area contributed by atoms with Gasteiger partial charge in [-0.3, -0.25) is 4.79 Å². The lowest BCUT2D eigenvalue weighted by Gasteiger charge is -2.32. The minimum absolute atomic E-state index is 0.132. The molecule has 0 radical (unpaired) electrons. The third-order valence-electron chi connectivity index (χ3n) is 4.15. The highest BCUT2D eigenvalue weighted by molar-refractivity contribution is 5.94. The van der Waals surface area contributed by atoms with E-state index in [1.54, 1.807) is 6.20 Å². The number of rotatable bonds is 5. The third-order valence-corrected chi connectivity index (χ3v) is 4.15. The van der Waals surface area contributed by atoms with Crippen LogP contribution in [0.5, 0.6) is 0 Å². The van der Waals surface area contributed by atoms with Crippen LogP contribution in [-0.4, -0.2) is 56.6 Å². The minimum atomic E-state index is 0.132. The van der Waals surface area contributed by atoms with Crippen LogP contribution in [-0.2, 0) is 0 Å². The fourth-order valence-corrected chi connectivity index (χ4v) is 2.75. The van der Waals surface area contributed by atoms with E-state index < -0.39 is 0 Å². The van der Waals surface area contributed by atoms with Crippen molar-refractivity contribution < 1.29 is 4.79 Å². The molecule has 0 bridgehead atoms. The van der Waals surface area contributed by atoms with Gasteiger partial charge in [-0.1, -0.05) is 0 Å². The van der Waals surface area contributed by atoms with Crippen LogP contribution >= 0.6 is 0 Å². The molecule has 5 heteroatoms. The Morgan fingerprint density at radius 2 is 2.14 bits per heavy atom. The SMILES string of the molecule is CNCCC1CCN(C(=O)c2ccnc(N(C)C)c2)CC1. The topological polar surface area (TPSA) is 48.5 Å². The van der Waals surface area contributed by atoms with E-state index in [1.807, 2.05) is 43.1 Å². The number of amides is 1. The summed E-state index contributed by atoms with van der Waals surface area (Å²) in [6.45, 7) is 2.80. The molecule has 1 aromatic heterocycles. The zero-order valence-corrected chi connectivity index (χ0v) is 13.3. The van der Waals surface area contributed by atoms with E-state index in [0.29, 0.717) is 0 Å². The van der Waals surface area contributed by atoms with Gasteiger partial charge in [0.15, 0.2) is 0 Å². The van der Waals surface area contributed by atoms with E-state index in [2.05, 4.69) is 10.3 Å². The van der Waals surface area contributed by atoms with Gasteiger partial charge in [-0.2, -0.15) is 0 Å². The smallest absolute Gasteiger partial charge is 0.254 e. The largest absolute Gasteiger partial charge is 0.363 e. The number of pyridine rings is 1. The van der Waals surface area contributed by atoms with Gasteiger partial charge in [-0.25, -0.2) is 4.98 Å². The normalized spacial score (nSPS) is 16.0. The highest BCUT2D eigenvalue weighted by Crippen LogP contribution is 2.22. The van der Waals surface area contributed by atoms with Crippen molar-refractivity contribution in [3.05, 3.63) is 23.9 Å². The summed E-state index contributed by atoms with van der Waals surface area (Å²) in [4.78, 5) is 20.7. The number of hydrogen-bond donors (Lipinski definition) is 1. The van der Waals surface area contributed by atoms with Crippen molar-refractivity contribution in [1.82, 2.24) is 15.2 Å². The zero-order valence-electron chi connectivity index (χ0n) is 13.3. The summed E-state index contributed by atoms with van der Waals surface area (Å²) >= 11 is 0. The molecule has 21 heavy (non-hydrogen) atoms. The molecule has 1 saturated heterocycles. The first kappa shape index (κ1) is 15.8. The van der Waals surface area contributed by atoms with Crippen molar-refractivity contribution >= 4 is 11.7 Å². The molecule has 5 nitrogen and oxygen atoms in total. The van der Waals surface area contributed by atoms with E-state index >= 15 is 0 Å². The van der Waals surface area contributed by atoms with Crippen LogP contribution < -0.4 is 10.2 Å². The molecule has 0 unspecified atom stereocenters. The Morgan fingerprint density at radius 3 is 2.76 bits per heavy atom. The Labute approximate surface area is 127 Å². The van der Waals surface area contributed by atoms with Crippen molar-refractivity contribution in [2.45, 2.75) is 19.3 Å². The van der Waals surface area contributed by atoms with Crippen LogP contribution in [0.4, 0.5) is 5.82 Å². The lowest BCUT2D eigenvalue weighted by molar-refractivity contribution is 0.0687. The number of aromatic nitrogens is 1. The highest BCUT2D eigenvalue weighted by Gasteiger charge is 2.23. The predicted molar refractivity (Wildman–Crippen MR) is 85.7 cm³/mol. The Balaban J connectivity index is 1.94. The second kappa shape index (κ2) is 7.41. The first-order valence-electron chi connectivity index (χ1n) is 7.69. The van der Waals surface area contributed by atoms with E-state index in [-0.39, 0.29) is 5.91 Å². The molecule has 0 spiro atoms. The number of nitrogens with zero attached hydrogens (tertiary/aromatic N) is 3. The Kier molecular flexibility index (Phi) is 5.56. The van der Waals surface area contributed by atoms with Crippen LogP contribution in [0, 0.1) is 5.92 Å². The van der Waals surface area contributed by atoms with Gasteiger partial charge in [-0.05, 0) is 50.9 Å².